The molecule has 7 nitrogen and oxygen atoms in total. The number of anilines is 1. The highest BCUT2D eigenvalue weighted by molar-refractivity contribution is 5.69. The average Bonchev–Trinajstić information content (AvgIpc) is 2.57. The van der Waals surface area contributed by atoms with Crippen LogP contribution in [0.4, 0.5) is 10.5 Å². The van der Waals surface area contributed by atoms with Crippen LogP contribution in [-0.4, -0.2) is 83.9 Å². The first-order valence-corrected chi connectivity index (χ1v) is 10.7. The van der Waals surface area contributed by atoms with Crippen LogP contribution in [0.25, 0.3) is 0 Å². The standard InChI is InChI=1S/C22H34N4O3/c1-22(2,3)29-21(27)26-14-18(15-26)25-12-17(13-25)24-10-8-20(9-11-24)28-19-6-4-16(23)5-7-19/h4-7,17-18,20H,8-15,23H2,1-3H3. The van der Waals surface area contributed by atoms with E-state index >= 15 is 0 Å². The van der Waals surface area contributed by atoms with Gasteiger partial charge in [-0.25, -0.2) is 4.79 Å². The molecule has 1 aromatic rings. The Hall–Kier alpha value is -1.99. The Kier molecular flexibility index (Phi) is 5.62. The minimum Gasteiger partial charge on any atom is -0.490 e. The van der Waals surface area contributed by atoms with E-state index in [1.807, 2.05) is 49.9 Å². The lowest BCUT2D eigenvalue weighted by Gasteiger charge is -2.54. The molecule has 0 aliphatic carbocycles. The lowest BCUT2D eigenvalue weighted by Crippen LogP contribution is -2.70. The summed E-state index contributed by atoms with van der Waals surface area (Å²) in [5, 5.41) is 0. The van der Waals surface area contributed by atoms with Crippen LogP contribution in [0.5, 0.6) is 5.75 Å². The van der Waals surface area contributed by atoms with Crippen molar-refractivity contribution in [2.75, 3.05) is 45.0 Å². The lowest BCUT2D eigenvalue weighted by molar-refractivity contribution is -0.0651. The van der Waals surface area contributed by atoms with Crippen molar-refractivity contribution < 1.29 is 14.3 Å². The zero-order valence-electron chi connectivity index (χ0n) is 17.8. The Morgan fingerprint density at radius 3 is 2.14 bits per heavy atom. The van der Waals surface area contributed by atoms with E-state index in [0.29, 0.717) is 18.2 Å². The molecule has 3 saturated heterocycles. The molecule has 2 N–H and O–H groups in total. The van der Waals surface area contributed by atoms with Crippen LogP contribution < -0.4 is 10.5 Å². The van der Waals surface area contributed by atoms with E-state index in [9.17, 15) is 4.79 Å². The quantitative estimate of drug-likeness (QED) is 0.780. The number of nitrogen functional groups attached to an aromatic ring is 1. The molecule has 0 spiro atoms. The summed E-state index contributed by atoms with van der Waals surface area (Å²) in [5.41, 5.74) is 6.08. The highest BCUT2D eigenvalue weighted by Gasteiger charge is 2.43. The lowest BCUT2D eigenvalue weighted by atomic mass is 9.96. The summed E-state index contributed by atoms with van der Waals surface area (Å²) in [6.07, 6.45) is 2.24. The Labute approximate surface area is 173 Å². The maximum Gasteiger partial charge on any atom is 0.410 e. The van der Waals surface area contributed by atoms with Gasteiger partial charge in [-0.2, -0.15) is 0 Å². The Balaban J connectivity index is 1.13. The van der Waals surface area contributed by atoms with Crippen LogP contribution in [0.1, 0.15) is 33.6 Å². The molecule has 160 valence electrons. The fourth-order valence-corrected chi connectivity index (χ4v) is 4.28. The SMILES string of the molecule is CC(C)(C)OC(=O)N1CC(N2CC(N3CCC(Oc4ccc(N)cc4)CC3)C2)C1. The first-order chi connectivity index (χ1) is 13.8. The number of hydrogen-bond acceptors (Lipinski definition) is 6. The van der Waals surface area contributed by atoms with Crippen LogP contribution >= 0.6 is 0 Å². The van der Waals surface area contributed by atoms with Crippen LogP contribution in [0.2, 0.25) is 0 Å². The zero-order chi connectivity index (χ0) is 20.6. The van der Waals surface area contributed by atoms with Crippen molar-refractivity contribution >= 4 is 11.8 Å². The molecule has 0 aromatic heterocycles. The van der Waals surface area contributed by atoms with Gasteiger partial charge in [0.15, 0.2) is 0 Å². The van der Waals surface area contributed by atoms with Gasteiger partial charge in [0.05, 0.1) is 0 Å². The van der Waals surface area contributed by atoms with E-state index in [2.05, 4.69) is 9.80 Å². The van der Waals surface area contributed by atoms with Gasteiger partial charge in [-0.15, -0.1) is 0 Å². The van der Waals surface area contributed by atoms with Crippen molar-refractivity contribution in [1.82, 2.24) is 14.7 Å². The van der Waals surface area contributed by atoms with Gasteiger partial charge in [-0.05, 0) is 57.9 Å². The molecule has 0 unspecified atom stereocenters. The number of piperidine rings is 1. The Bertz CT molecular complexity index is 698. The number of rotatable bonds is 4. The molecule has 3 aliphatic rings. The van der Waals surface area contributed by atoms with E-state index in [0.717, 1.165) is 63.5 Å². The van der Waals surface area contributed by atoms with Crippen LogP contribution in [0, 0.1) is 0 Å². The number of nitrogens with zero attached hydrogens (tertiary/aromatic N) is 3. The highest BCUT2D eigenvalue weighted by Crippen LogP contribution is 2.28. The van der Waals surface area contributed by atoms with Crippen molar-refractivity contribution in [2.45, 2.75) is 57.4 Å². The predicted octanol–water partition coefficient (Wildman–Crippen LogP) is 2.42. The number of benzene rings is 1. The molecule has 0 bridgehead atoms. The van der Waals surface area contributed by atoms with Gasteiger partial charge in [0, 0.05) is 57.0 Å². The van der Waals surface area contributed by atoms with Gasteiger partial charge in [0.2, 0.25) is 0 Å². The highest BCUT2D eigenvalue weighted by atomic mass is 16.6. The van der Waals surface area contributed by atoms with E-state index < -0.39 is 5.60 Å². The summed E-state index contributed by atoms with van der Waals surface area (Å²) in [6, 6.07) is 8.80. The molecule has 1 amide bonds. The third-order valence-electron chi connectivity index (χ3n) is 6.10. The predicted molar refractivity (Wildman–Crippen MR) is 113 cm³/mol. The smallest absolute Gasteiger partial charge is 0.410 e. The maximum atomic E-state index is 12.1. The molecule has 1 aromatic carbocycles. The van der Waals surface area contributed by atoms with E-state index in [1.54, 1.807) is 0 Å². The minimum atomic E-state index is -0.423. The molecule has 0 radical (unpaired) electrons. The van der Waals surface area contributed by atoms with Crippen molar-refractivity contribution in [3.63, 3.8) is 0 Å². The molecule has 3 fully saturated rings. The third kappa shape index (κ3) is 4.95. The topological polar surface area (TPSA) is 71.3 Å². The molecule has 3 heterocycles. The second kappa shape index (κ2) is 8.03. The van der Waals surface area contributed by atoms with Crippen molar-refractivity contribution in [2.24, 2.45) is 0 Å². The van der Waals surface area contributed by atoms with Gasteiger partial charge in [0.1, 0.15) is 17.5 Å². The molecular weight excluding hydrogens is 368 g/mol. The van der Waals surface area contributed by atoms with Crippen molar-refractivity contribution in [1.29, 1.82) is 0 Å². The molecule has 3 aliphatic heterocycles. The number of amides is 1. The van der Waals surface area contributed by atoms with Gasteiger partial charge in [-0.3, -0.25) is 9.80 Å². The van der Waals surface area contributed by atoms with Gasteiger partial charge in [-0.1, -0.05) is 0 Å². The number of ether oxygens (including phenoxy) is 2. The summed E-state index contributed by atoms with van der Waals surface area (Å²) in [4.78, 5) is 19.0. The molecule has 0 atom stereocenters. The molecular formula is C22H34N4O3. The second-order valence-corrected chi connectivity index (χ2v) is 9.57. The molecule has 4 rings (SSSR count). The largest absolute Gasteiger partial charge is 0.490 e. The number of carbonyl (C=O) groups is 1. The van der Waals surface area contributed by atoms with Crippen LogP contribution in [-0.2, 0) is 4.74 Å². The first-order valence-electron chi connectivity index (χ1n) is 10.7. The summed E-state index contributed by atoms with van der Waals surface area (Å²) >= 11 is 0. The van der Waals surface area contributed by atoms with Gasteiger partial charge in [0.25, 0.3) is 0 Å². The summed E-state index contributed by atoms with van der Waals surface area (Å²) in [5.74, 6) is 0.909. The Morgan fingerprint density at radius 2 is 1.55 bits per heavy atom. The summed E-state index contributed by atoms with van der Waals surface area (Å²) < 4.78 is 11.5. The zero-order valence-corrected chi connectivity index (χ0v) is 17.8. The summed E-state index contributed by atoms with van der Waals surface area (Å²) in [7, 11) is 0. The number of hydrogen-bond donors (Lipinski definition) is 1. The maximum absolute atomic E-state index is 12.1. The first kappa shape index (κ1) is 20.3. The normalized spacial score (nSPS) is 22.8. The van der Waals surface area contributed by atoms with Crippen LogP contribution in [0.3, 0.4) is 0 Å². The van der Waals surface area contributed by atoms with Crippen LogP contribution in [0.15, 0.2) is 24.3 Å². The van der Waals surface area contributed by atoms with Gasteiger partial charge < -0.3 is 20.1 Å². The Morgan fingerprint density at radius 1 is 0.966 bits per heavy atom. The average molecular weight is 403 g/mol. The molecule has 29 heavy (non-hydrogen) atoms. The molecule has 7 heteroatoms. The second-order valence-electron chi connectivity index (χ2n) is 9.57. The van der Waals surface area contributed by atoms with E-state index in [4.69, 9.17) is 15.2 Å². The number of nitrogens with two attached hydrogens (primary N) is 1. The fourth-order valence-electron chi connectivity index (χ4n) is 4.28. The van der Waals surface area contributed by atoms with E-state index in [1.165, 1.54) is 0 Å². The number of likely N-dealkylation sites (tertiary alicyclic amines) is 3. The number of carbonyl (C=O) groups excluding carboxylic acids is 1. The van der Waals surface area contributed by atoms with Crippen molar-refractivity contribution in [3.8, 4) is 5.75 Å². The monoisotopic (exact) mass is 402 g/mol. The third-order valence-corrected chi connectivity index (χ3v) is 6.10. The minimum absolute atomic E-state index is 0.186. The van der Waals surface area contributed by atoms with Crippen molar-refractivity contribution in [3.05, 3.63) is 24.3 Å². The fraction of sp³-hybridized carbons (Fsp3) is 0.682. The molecule has 0 saturated carbocycles. The summed E-state index contributed by atoms with van der Waals surface area (Å²) in [6.45, 7) is 11.7. The van der Waals surface area contributed by atoms with Gasteiger partial charge >= 0.3 is 6.09 Å². The van der Waals surface area contributed by atoms with E-state index in [-0.39, 0.29) is 6.09 Å².